The van der Waals surface area contributed by atoms with Gasteiger partial charge in [-0.15, -0.1) is 0 Å². The molecule has 0 saturated carbocycles. The SMILES string of the molecule is C=COC1CC(O)CCO1. The standard InChI is InChI=1S/C7H12O3/c1-2-9-7-5-6(8)3-4-10-7/h2,6-8H,1,3-5H2. The third-order valence-electron chi connectivity index (χ3n) is 1.47. The third-order valence-corrected chi connectivity index (χ3v) is 1.47. The molecule has 1 aliphatic heterocycles. The van der Waals surface area contributed by atoms with Crippen molar-refractivity contribution in [1.29, 1.82) is 0 Å². The van der Waals surface area contributed by atoms with Gasteiger partial charge in [0.1, 0.15) is 0 Å². The second-order valence-corrected chi connectivity index (χ2v) is 2.28. The fourth-order valence-electron chi connectivity index (χ4n) is 0.946. The van der Waals surface area contributed by atoms with Gasteiger partial charge < -0.3 is 14.6 Å². The van der Waals surface area contributed by atoms with Crippen molar-refractivity contribution in [1.82, 2.24) is 0 Å². The topological polar surface area (TPSA) is 38.7 Å². The van der Waals surface area contributed by atoms with Crippen LogP contribution in [-0.2, 0) is 9.47 Å². The molecule has 1 fully saturated rings. The summed E-state index contributed by atoms with van der Waals surface area (Å²) in [5.41, 5.74) is 0. The smallest absolute Gasteiger partial charge is 0.201 e. The van der Waals surface area contributed by atoms with Crippen molar-refractivity contribution in [2.24, 2.45) is 0 Å². The third kappa shape index (κ3) is 2.01. The van der Waals surface area contributed by atoms with Crippen LogP contribution in [0.1, 0.15) is 12.8 Å². The molecule has 3 nitrogen and oxygen atoms in total. The number of aliphatic hydroxyl groups excluding tert-OH is 1. The molecule has 3 heteroatoms. The number of hydrogen-bond donors (Lipinski definition) is 1. The minimum absolute atomic E-state index is 0.279. The summed E-state index contributed by atoms with van der Waals surface area (Å²) < 4.78 is 10.1. The summed E-state index contributed by atoms with van der Waals surface area (Å²) in [5, 5.41) is 9.11. The van der Waals surface area contributed by atoms with Crippen LogP contribution >= 0.6 is 0 Å². The van der Waals surface area contributed by atoms with E-state index in [2.05, 4.69) is 6.58 Å². The first kappa shape index (κ1) is 7.57. The quantitative estimate of drug-likeness (QED) is 0.578. The summed E-state index contributed by atoms with van der Waals surface area (Å²) in [4.78, 5) is 0. The summed E-state index contributed by atoms with van der Waals surface area (Å²) >= 11 is 0. The zero-order chi connectivity index (χ0) is 7.40. The van der Waals surface area contributed by atoms with Crippen LogP contribution in [0.5, 0.6) is 0 Å². The molecule has 58 valence electrons. The molecule has 0 aromatic carbocycles. The Morgan fingerprint density at radius 1 is 1.70 bits per heavy atom. The van der Waals surface area contributed by atoms with Gasteiger partial charge in [-0.1, -0.05) is 6.58 Å². The van der Waals surface area contributed by atoms with Crippen molar-refractivity contribution in [2.75, 3.05) is 6.61 Å². The molecule has 0 aromatic rings. The number of aliphatic hydroxyl groups is 1. The Hall–Kier alpha value is -0.540. The predicted octanol–water partition coefficient (Wildman–Crippen LogP) is 0.644. The number of hydrogen-bond acceptors (Lipinski definition) is 3. The Balaban J connectivity index is 2.24. The molecular formula is C7H12O3. The van der Waals surface area contributed by atoms with E-state index in [0.717, 1.165) is 0 Å². The zero-order valence-corrected chi connectivity index (χ0v) is 5.82. The van der Waals surface area contributed by atoms with E-state index in [4.69, 9.17) is 14.6 Å². The van der Waals surface area contributed by atoms with E-state index in [0.29, 0.717) is 19.4 Å². The first-order valence-corrected chi connectivity index (χ1v) is 3.39. The van der Waals surface area contributed by atoms with E-state index in [-0.39, 0.29) is 12.4 Å². The van der Waals surface area contributed by atoms with Gasteiger partial charge in [0.15, 0.2) is 0 Å². The van der Waals surface area contributed by atoms with Crippen molar-refractivity contribution >= 4 is 0 Å². The van der Waals surface area contributed by atoms with Gasteiger partial charge in [-0.25, -0.2) is 0 Å². The lowest BCUT2D eigenvalue weighted by molar-refractivity contribution is -0.156. The van der Waals surface area contributed by atoms with Crippen molar-refractivity contribution in [3.05, 3.63) is 12.8 Å². The molecule has 1 N–H and O–H groups in total. The van der Waals surface area contributed by atoms with Crippen molar-refractivity contribution in [3.63, 3.8) is 0 Å². The highest BCUT2D eigenvalue weighted by Gasteiger charge is 2.20. The highest BCUT2D eigenvalue weighted by molar-refractivity contribution is 4.65. The van der Waals surface area contributed by atoms with Gasteiger partial charge in [0.2, 0.25) is 6.29 Å². The number of ether oxygens (including phenoxy) is 2. The molecule has 0 amide bonds. The first-order valence-electron chi connectivity index (χ1n) is 3.39. The summed E-state index contributed by atoms with van der Waals surface area (Å²) in [6, 6.07) is 0. The first-order chi connectivity index (χ1) is 4.83. The molecule has 0 spiro atoms. The summed E-state index contributed by atoms with van der Waals surface area (Å²) in [5.74, 6) is 0. The van der Waals surface area contributed by atoms with Crippen LogP contribution in [0.3, 0.4) is 0 Å². The van der Waals surface area contributed by atoms with Crippen molar-refractivity contribution in [2.45, 2.75) is 25.2 Å². The van der Waals surface area contributed by atoms with Crippen LogP contribution in [0.15, 0.2) is 12.8 Å². The second-order valence-electron chi connectivity index (χ2n) is 2.28. The van der Waals surface area contributed by atoms with Crippen LogP contribution in [-0.4, -0.2) is 24.1 Å². The van der Waals surface area contributed by atoms with E-state index >= 15 is 0 Å². The van der Waals surface area contributed by atoms with Crippen LogP contribution < -0.4 is 0 Å². The molecule has 1 saturated heterocycles. The largest absolute Gasteiger partial charge is 0.473 e. The summed E-state index contributed by atoms with van der Waals surface area (Å²) in [7, 11) is 0. The molecule has 10 heavy (non-hydrogen) atoms. The van der Waals surface area contributed by atoms with Gasteiger partial charge in [0, 0.05) is 6.42 Å². The van der Waals surface area contributed by atoms with E-state index in [1.807, 2.05) is 0 Å². The normalized spacial score (nSPS) is 33.3. The molecule has 0 aliphatic carbocycles. The Morgan fingerprint density at radius 3 is 3.10 bits per heavy atom. The van der Waals surface area contributed by atoms with Gasteiger partial charge in [-0.05, 0) is 6.42 Å². The van der Waals surface area contributed by atoms with Gasteiger partial charge in [-0.3, -0.25) is 0 Å². The minimum atomic E-state index is -0.291. The monoisotopic (exact) mass is 144 g/mol. The minimum Gasteiger partial charge on any atom is -0.473 e. The molecular weight excluding hydrogens is 132 g/mol. The lowest BCUT2D eigenvalue weighted by Crippen LogP contribution is -2.29. The van der Waals surface area contributed by atoms with E-state index in [9.17, 15) is 0 Å². The Kier molecular flexibility index (Phi) is 2.71. The predicted molar refractivity (Wildman–Crippen MR) is 36.3 cm³/mol. The van der Waals surface area contributed by atoms with Crippen LogP contribution in [0.25, 0.3) is 0 Å². The highest BCUT2D eigenvalue weighted by Crippen LogP contribution is 2.14. The Morgan fingerprint density at radius 2 is 2.50 bits per heavy atom. The second kappa shape index (κ2) is 3.58. The fraction of sp³-hybridized carbons (Fsp3) is 0.714. The molecule has 1 rings (SSSR count). The van der Waals surface area contributed by atoms with E-state index in [1.54, 1.807) is 0 Å². The van der Waals surface area contributed by atoms with E-state index in [1.165, 1.54) is 6.26 Å². The average molecular weight is 144 g/mol. The van der Waals surface area contributed by atoms with Crippen molar-refractivity contribution in [3.8, 4) is 0 Å². The maximum atomic E-state index is 9.11. The summed E-state index contributed by atoms with van der Waals surface area (Å²) in [6.07, 6.45) is 2.02. The molecule has 1 heterocycles. The molecule has 2 atom stereocenters. The molecule has 0 bridgehead atoms. The van der Waals surface area contributed by atoms with Gasteiger partial charge in [-0.2, -0.15) is 0 Å². The van der Waals surface area contributed by atoms with Gasteiger partial charge in [0.05, 0.1) is 19.0 Å². The maximum absolute atomic E-state index is 9.11. The Labute approximate surface area is 60.3 Å². The lowest BCUT2D eigenvalue weighted by Gasteiger charge is -2.25. The van der Waals surface area contributed by atoms with Crippen LogP contribution in [0.2, 0.25) is 0 Å². The highest BCUT2D eigenvalue weighted by atomic mass is 16.7. The summed E-state index contributed by atoms with van der Waals surface area (Å²) in [6.45, 7) is 3.97. The molecule has 1 aliphatic rings. The average Bonchev–Trinajstić information content (AvgIpc) is 1.88. The van der Waals surface area contributed by atoms with Crippen LogP contribution in [0.4, 0.5) is 0 Å². The van der Waals surface area contributed by atoms with E-state index < -0.39 is 0 Å². The molecule has 0 aromatic heterocycles. The lowest BCUT2D eigenvalue weighted by atomic mass is 10.1. The molecule has 2 unspecified atom stereocenters. The van der Waals surface area contributed by atoms with Crippen LogP contribution in [0, 0.1) is 0 Å². The molecule has 0 radical (unpaired) electrons. The van der Waals surface area contributed by atoms with Gasteiger partial charge >= 0.3 is 0 Å². The van der Waals surface area contributed by atoms with Crippen molar-refractivity contribution < 1.29 is 14.6 Å². The number of rotatable bonds is 2. The Bertz CT molecular complexity index is 113. The fourth-order valence-corrected chi connectivity index (χ4v) is 0.946. The zero-order valence-electron chi connectivity index (χ0n) is 5.82. The maximum Gasteiger partial charge on any atom is 0.201 e. The van der Waals surface area contributed by atoms with Gasteiger partial charge in [0.25, 0.3) is 0 Å².